The van der Waals surface area contributed by atoms with E-state index in [1.54, 1.807) is 28.8 Å². The SMILES string of the molecule is C[C@@H]1CN([C@@H](C)CO)C(=O)CCCn2cc(nn2)CO[C@H]1CN(C)S(=O)(=O)c1ccc2c(c1)OCCCO2. The number of carbonyl (C=O) groups is 1. The molecular formula is C25H37N5O7S. The zero-order valence-electron chi connectivity index (χ0n) is 22.2. The van der Waals surface area contributed by atoms with Crippen molar-refractivity contribution < 1.29 is 32.5 Å². The van der Waals surface area contributed by atoms with Gasteiger partial charge in [-0.3, -0.25) is 9.48 Å². The van der Waals surface area contributed by atoms with E-state index in [1.807, 2.05) is 6.92 Å². The van der Waals surface area contributed by atoms with Crippen LogP contribution in [0.1, 0.15) is 38.8 Å². The van der Waals surface area contributed by atoms with E-state index in [9.17, 15) is 18.3 Å². The average Bonchev–Trinajstić information content (AvgIpc) is 3.22. The molecule has 0 saturated heterocycles. The number of nitrogens with zero attached hydrogens (tertiary/aromatic N) is 5. The first-order chi connectivity index (χ1) is 18.2. The largest absolute Gasteiger partial charge is 0.490 e. The first-order valence-electron chi connectivity index (χ1n) is 13.0. The van der Waals surface area contributed by atoms with E-state index in [0.29, 0.717) is 56.3 Å². The van der Waals surface area contributed by atoms with Gasteiger partial charge in [-0.05, 0) is 25.5 Å². The van der Waals surface area contributed by atoms with Gasteiger partial charge in [-0.1, -0.05) is 12.1 Å². The minimum Gasteiger partial charge on any atom is -0.490 e. The van der Waals surface area contributed by atoms with Gasteiger partial charge in [0.2, 0.25) is 15.9 Å². The Kier molecular flexibility index (Phi) is 9.23. The Bertz CT molecular complexity index is 1200. The highest BCUT2D eigenvalue weighted by Crippen LogP contribution is 2.33. The molecule has 0 saturated carbocycles. The molecule has 12 nitrogen and oxygen atoms in total. The summed E-state index contributed by atoms with van der Waals surface area (Å²) in [5.41, 5.74) is 0.627. The van der Waals surface area contributed by atoms with E-state index in [4.69, 9.17) is 14.2 Å². The van der Waals surface area contributed by atoms with Crippen LogP contribution in [0.4, 0.5) is 0 Å². The predicted molar refractivity (Wildman–Crippen MR) is 137 cm³/mol. The molecule has 2 bridgehead atoms. The summed E-state index contributed by atoms with van der Waals surface area (Å²) in [5.74, 6) is 0.598. The number of aryl methyl sites for hydroxylation is 1. The number of sulfonamides is 1. The monoisotopic (exact) mass is 551 g/mol. The van der Waals surface area contributed by atoms with Gasteiger partial charge in [0.05, 0.1) is 49.7 Å². The predicted octanol–water partition coefficient (Wildman–Crippen LogP) is 1.28. The second-order valence-electron chi connectivity index (χ2n) is 9.93. The van der Waals surface area contributed by atoms with Gasteiger partial charge in [-0.25, -0.2) is 8.42 Å². The van der Waals surface area contributed by atoms with Gasteiger partial charge >= 0.3 is 0 Å². The third kappa shape index (κ3) is 6.63. The molecule has 2 aromatic rings. The highest BCUT2D eigenvalue weighted by Gasteiger charge is 2.31. The number of ether oxygens (including phenoxy) is 3. The van der Waals surface area contributed by atoms with Crippen LogP contribution >= 0.6 is 0 Å². The van der Waals surface area contributed by atoms with Crippen LogP contribution in [-0.4, -0.2) is 95.7 Å². The van der Waals surface area contributed by atoms with Crippen LogP contribution < -0.4 is 9.47 Å². The lowest BCUT2D eigenvalue weighted by molar-refractivity contribution is -0.136. The number of hydrogen-bond donors (Lipinski definition) is 1. The molecule has 2 aliphatic heterocycles. The van der Waals surface area contributed by atoms with Crippen LogP contribution in [0.25, 0.3) is 0 Å². The first kappa shape index (κ1) is 28.3. The van der Waals surface area contributed by atoms with Crippen LogP contribution in [0.15, 0.2) is 29.3 Å². The Morgan fingerprint density at radius 1 is 1.21 bits per heavy atom. The number of fused-ring (bicyclic) bond motifs is 3. The van der Waals surface area contributed by atoms with Crippen molar-refractivity contribution in [3.63, 3.8) is 0 Å². The molecule has 1 aromatic heterocycles. The summed E-state index contributed by atoms with van der Waals surface area (Å²) in [6.07, 6.45) is 2.82. The second kappa shape index (κ2) is 12.4. The molecule has 38 heavy (non-hydrogen) atoms. The molecule has 0 radical (unpaired) electrons. The van der Waals surface area contributed by atoms with Crippen molar-refractivity contribution >= 4 is 15.9 Å². The lowest BCUT2D eigenvalue weighted by Crippen LogP contribution is -2.47. The summed E-state index contributed by atoms with van der Waals surface area (Å²) < 4.78 is 47.5. The number of carbonyl (C=O) groups excluding carboxylic acids is 1. The number of rotatable bonds is 6. The average molecular weight is 552 g/mol. The molecule has 210 valence electrons. The third-order valence-corrected chi connectivity index (χ3v) is 8.73. The highest BCUT2D eigenvalue weighted by atomic mass is 32.2. The van der Waals surface area contributed by atoms with Crippen LogP contribution in [0.2, 0.25) is 0 Å². The molecule has 0 aliphatic carbocycles. The normalized spacial score (nSPS) is 22.2. The quantitative estimate of drug-likeness (QED) is 0.563. The van der Waals surface area contributed by atoms with E-state index < -0.39 is 16.1 Å². The number of aliphatic hydroxyl groups is 1. The maximum Gasteiger partial charge on any atom is 0.243 e. The van der Waals surface area contributed by atoms with Crippen molar-refractivity contribution in [2.45, 2.75) is 63.3 Å². The second-order valence-corrected chi connectivity index (χ2v) is 12.0. The number of aromatic nitrogens is 3. The van der Waals surface area contributed by atoms with Crippen molar-refractivity contribution in [1.82, 2.24) is 24.2 Å². The molecule has 4 rings (SSSR count). The fourth-order valence-electron chi connectivity index (χ4n) is 4.53. The molecule has 2 aliphatic rings. The third-order valence-electron chi connectivity index (χ3n) is 6.91. The standard InChI is InChI=1S/C25H37N5O7S/c1-18-13-30(19(2)16-31)25(32)6-4-9-29-14-20(26-27-29)17-37-24(18)15-28(3)38(33,34)21-7-8-22-23(12-21)36-11-5-10-35-22/h7-8,12,14,18-19,24,31H,4-6,9-11,13,15-17H2,1-3H3/t18-,19+,24+/m1/s1. The first-order valence-corrected chi connectivity index (χ1v) is 14.4. The van der Waals surface area contributed by atoms with Crippen LogP contribution in [-0.2, 0) is 32.7 Å². The van der Waals surface area contributed by atoms with E-state index in [-0.39, 0.29) is 42.5 Å². The number of benzene rings is 1. The van der Waals surface area contributed by atoms with Gasteiger partial charge in [0.15, 0.2) is 11.5 Å². The smallest absolute Gasteiger partial charge is 0.243 e. The van der Waals surface area contributed by atoms with Gasteiger partial charge in [0, 0.05) is 51.5 Å². The molecular weight excluding hydrogens is 514 g/mol. The van der Waals surface area contributed by atoms with Crippen molar-refractivity contribution in [1.29, 1.82) is 0 Å². The zero-order chi connectivity index (χ0) is 27.3. The molecule has 3 heterocycles. The van der Waals surface area contributed by atoms with Crippen molar-refractivity contribution in [3.05, 3.63) is 30.1 Å². The van der Waals surface area contributed by atoms with Crippen LogP contribution in [0.3, 0.4) is 0 Å². The molecule has 3 atom stereocenters. The Balaban J connectivity index is 1.57. The molecule has 0 unspecified atom stereocenters. The van der Waals surface area contributed by atoms with E-state index in [2.05, 4.69) is 10.3 Å². The fraction of sp³-hybridized carbons (Fsp3) is 0.640. The molecule has 0 fully saturated rings. The Morgan fingerprint density at radius 3 is 2.74 bits per heavy atom. The van der Waals surface area contributed by atoms with Gasteiger partial charge in [-0.2, -0.15) is 4.31 Å². The van der Waals surface area contributed by atoms with Gasteiger partial charge in [-0.15, -0.1) is 5.10 Å². The van der Waals surface area contributed by atoms with E-state index >= 15 is 0 Å². The van der Waals surface area contributed by atoms with Gasteiger partial charge < -0.3 is 24.2 Å². The minimum atomic E-state index is -3.89. The molecule has 1 N–H and O–H groups in total. The maximum atomic E-state index is 13.5. The van der Waals surface area contributed by atoms with Crippen molar-refractivity contribution in [2.24, 2.45) is 5.92 Å². The highest BCUT2D eigenvalue weighted by molar-refractivity contribution is 7.89. The van der Waals surface area contributed by atoms with Crippen LogP contribution in [0.5, 0.6) is 11.5 Å². The fourth-order valence-corrected chi connectivity index (χ4v) is 5.73. The number of aliphatic hydroxyl groups excluding tert-OH is 1. The minimum absolute atomic E-state index is 0.0433. The summed E-state index contributed by atoms with van der Waals surface area (Å²) in [4.78, 5) is 14.8. The topological polar surface area (TPSA) is 136 Å². The van der Waals surface area contributed by atoms with Crippen LogP contribution in [0, 0.1) is 5.92 Å². The maximum absolute atomic E-state index is 13.5. The lowest BCUT2D eigenvalue weighted by atomic mass is 10.0. The summed E-state index contributed by atoms with van der Waals surface area (Å²) in [6, 6.07) is 4.23. The summed E-state index contributed by atoms with van der Waals surface area (Å²) >= 11 is 0. The van der Waals surface area contributed by atoms with E-state index in [0.717, 1.165) is 6.42 Å². The molecule has 13 heteroatoms. The Hall–Kier alpha value is -2.74. The van der Waals surface area contributed by atoms with Crippen molar-refractivity contribution in [2.75, 3.05) is 40.0 Å². The summed E-state index contributed by atoms with van der Waals surface area (Å²) in [5, 5.41) is 18.0. The molecule has 0 spiro atoms. The van der Waals surface area contributed by atoms with E-state index in [1.165, 1.54) is 23.5 Å². The number of hydrogen-bond acceptors (Lipinski definition) is 9. The molecule has 1 aromatic carbocycles. The summed E-state index contributed by atoms with van der Waals surface area (Å²) in [7, 11) is -2.38. The lowest BCUT2D eigenvalue weighted by Gasteiger charge is -2.35. The molecule has 1 amide bonds. The number of likely N-dealkylation sites (N-methyl/N-ethyl adjacent to an activating group) is 1. The Morgan fingerprint density at radius 2 is 1.97 bits per heavy atom. The van der Waals surface area contributed by atoms with Gasteiger partial charge in [0.25, 0.3) is 0 Å². The van der Waals surface area contributed by atoms with Crippen molar-refractivity contribution in [3.8, 4) is 11.5 Å². The van der Waals surface area contributed by atoms with Gasteiger partial charge in [0.1, 0.15) is 5.69 Å². The number of amides is 1. The Labute approximate surface area is 223 Å². The zero-order valence-corrected chi connectivity index (χ0v) is 23.0. The summed E-state index contributed by atoms with van der Waals surface area (Å²) in [6.45, 7) is 5.54.